The molecule has 0 radical (unpaired) electrons. The van der Waals surface area contributed by atoms with Gasteiger partial charge in [-0.05, 0) is 38.3 Å². The van der Waals surface area contributed by atoms with Gasteiger partial charge in [0.1, 0.15) is 29.3 Å². The molecule has 1 saturated carbocycles. The zero-order valence-electron chi connectivity index (χ0n) is 16.0. The lowest BCUT2D eigenvalue weighted by atomic mass is 10.1. The molecule has 146 valence electrons. The Morgan fingerprint density at radius 1 is 1.34 bits per heavy atom. The van der Waals surface area contributed by atoms with Crippen LogP contribution in [0.5, 0.6) is 0 Å². The predicted molar refractivity (Wildman–Crippen MR) is 102 cm³/mol. The molecule has 2 unspecified atom stereocenters. The minimum Gasteiger partial charge on any atom is -0.332 e. The first-order valence-electron chi connectivity index (χ1n) is 9.40. The van der Waals surface area contributed by atoms with E-state index in [0.717, 1.165) is 6.42 Å². The molecule has 3 aromatic heterocycles. The zero-order valence-corrected chi connectivity index (χ0v) is 16.0. The lowest BCUT2D eigenvalue weighted by Gasteiger charge is -2.16. The summed E-state index contributed by atoms with van der Waals surface area (Å²) in [5.74, 6) is 0.910. The van der Waals surface area contributed by atoms with Crippen molar-refractivity contribution in [3.05, 3.63) is 46.0 Å². The Morgan fingerprint density at radius 3 is 2.76 bits per heavy atom. The van der Waals surface area contributed by atoms with Gasteiger partial charge in [-0.2, -0.15) is 10.2 Å². The standard InChI is InChI=1S/C20H17FN6O2/c1-9(2)27-16-12(7-22)13(21)4-5-14(16)26-8-23-15(17(26)20(27)28)19-24-18(25-29-19)11-6-10(11)3/h4-5,8-11H,6H2,1-3H3. The van der Waals surface area contributed by atoms with Crippen molar-refractivity contribution < 1.29 is 8.91 Å². The molecule has 1 aliphatic rings. The van der Waals surface area contributed by atoms with Crippen LogP contribution in [0.1, 0.15) is 50.5 Å². The van der Waals surface area contributed by atoms with Crippen LogP contribution in [0.15, 0.2) is 27.8 Å². The number of rotatable bonds is 3. The molecule has 0 bridgehead atoms. The summed E-state index contributed by atoms with van der Waals surface area (Å²) in [6.45, 7) is 5.73. The van der Waals surface area contributed by atoms with Crippen molar-refractivity contribution in [3.63, 3.8) is 0 Å². The first-order chi connectivity index (χ1) is 13.9. The number of imidazole rings is 1. The van der Waals surface area contributed by atoms with Crippen molar-refractivity contribution in [2.45, 2.75) is 39.2 Å². The summed E-state index contributed by atoms with van der Waals surface area (Å²) in [5.41, 5.74) is 0.694. The fourth-order valence-electron chi connectivity index (χ4n) is 3.86. The van der Waals surface area contributed by atoms with E-state index in [-0.39, 0.29) is 40.1 Å². The summed E-state index contributed by atoms with van der Waals surface area (Å²) in [6.07, 6.45) is 2.47. The van der Waals surface area contributed by atoms with Crippen molar-refractivity contribution in [1.29, 1.82) is 5.26 Å². The molecule has 1 aliphatic carbocycles. The second-order valence-corrected chi connectivity index (χ2v) is 7.76. The SMILES string of the molecule is CC1CC1c1noc(-c2ncn3c2c(=O)n(C(C)C)c2c(C#N)c(F)ccc23)n1. The Hall–Kier alpha value is -3.54. The van der Waals surface area contributed by atoms with Crippen LogP contribution in [0.4, 0.5) is 4.39 Å². The van der Waals surface area contributed by atoms with Crippen molar-refractivity contribution >= 4 is 16.6 Å². The van der Waals surface area contributed by atoms with Gasteiger partial charge in [0.2, 0.25) is 0 Å². The number of hydrogen-bond acceptors (Lipinski definition) is 6. The molecule has 9 heteroatoms. The number of aromatic nitrogens is 5. The lowest BCUT2D eigenvalue weighted by Crippen LogP contribution is -2.25. The van der Waals surface area contributed by atoms with Gasteiger partial charge in [0.05, 0.1) is 11.0 Å². The van der Waals surface area contributed by atoms with Gasteiger partial charge in [-0.3, -0.25) is 9.20 Å². The monoisotopic (exact) mass is 392 g/mol. The highest BCUT2D eigenvalue weighted by molar-refractivity contribution is 5.87. The summed E-state index contributed by atoms with van der Waals surface area (Å²) in [6, 6.07) is 4.33. The van der Waals surface area contributed by atoms with E-state index < -0.39 is 11.4 Å². The van der Waals surface area contributed by atoms with Crippen LogP contribution < -0.4 is 5.56 Å². The second-order valence-electron chi connectivity index (χ2n) is 7.76. The minimum atomic E-state index is -0.673. The molecule has 2 atom stereocenters. The van der Waals surface area contributed by atoms with Gasteiger partial charge in [-0.25, -0.2) is 9.37 Å². The Bertz CT molecular complexity index is 1390. The third kappa shape index (κ3) is 2.42. The number of hydrogen-bond donors (Lipinski definition) is 0. The van der Waals surface area contributed by atoms with Crippen LogP contribution in [-0.4, -0.2) is 24.1 Å². The van der Waals surface area contributed by atoms with Crippen LogP contribution >= 0.6 is 0 Å². The van der Waals surface area contributed by atoms with Crippen molar-refractivity contribution in [1.82, 2.24) is 24.1 Å². The molecular formula is C20H17FN6O2. The van der Waals surface area contributed by atoms with Crippen LogP contribution in [-0.2, 0) is 0 Å². The number of fused-ring (bicyclic) bond motifs is 3. The molecule has 0 spiro atoms. The van der Waals surface area contributed by atoms with E-state index in [2.05, 4.69) is 22.0 Å². The fraction of sp³-hybridized carbons (Fsp3) is 0.350. The number of nitriles is 1. The normalized spacial score (nSPS) is 18.6. The predicted octanol–water partition coefficient (Wildman–Crippen LogP) is 3.41. The number of benzene rings is 1. The average Bonchev–Trinajstić information content (AvgIpc) is 3.10. The zero-order chi connectivity index (χ0) is 20.4. The Morgan fingerprint density at radius 2 is 2.10 bits per heavy atom. The second kappa shape index (κ2) is 5.98. The van der Waals surface area contributed by atoms with Crippen molar-refractivity contribution in [2.75, 3.05) is 0 Å². The Labute approximate surface area is 164 Å². The van der Waals surface area contributed by atoms with Crippen LogP contribution in [0.25, 0.3) is 28.1 Å². The maximum atomic E-state index is 14.3. The molecule has 0 aliphatic heterocycles. The minimum absolute atomic E-state index is 0.173. The summed E-state index contributed by atoms with van der Waals surface area (Å²) in [7, 11) is 0. The summed E-state index contributed by atoms with van der Waals surface area (Å²) in [5, 5.41) is 13.5. The smallest absolute Gasteiger partial charge is 0.278 e. The highest BCUT2D eigenvalue weighted by Gasteiger charge is 2.38. The first-order valence-corrected chi connectivity index (χ1v) is 9.40. The van der Waals surface area contributed by atoms with E-state index >= 15 is 0 Å². The van der Waals surface area contributed by atoms with Crippen LogP contribution in [0.3, 0.4) is 0 Å². The number of nitrogens with zero attached hydrogens (tertiary/aromatic N) is 6. The maximum Gasteiger partial charge on any atom is 0.278 e. The van der Waals surface area contributed by atoms with E-state index in [1.807, 2.05) is 6.07 Å². The molecule has 3 heterocycles. The molecular weight excluding hydrogens is 375 g/mol. The van der Waals surface area contributed by atoms with Crippen LogP contribution in [0, 0.1) is 23.1 Å². The third-order valence-electron chi connectivity index (χ3n) is 5.51. The Balaban J connectivity index is 1.85. The molecule has 8 nitrogen and oxygen atoms in total. The van der Waals surface area contributed by atoms with E-state index in [1.165, 1.54) is 23.0 Å². The van der Waals surface area contributed by atoms with Crippen molar-refractivity contribution in [3.8, 4) is 17.7 Å². The summed E-state index contributed by atoms with van der Waals surface area (Å²) < 4.78 is 22.7. The van der Waals surface area contributed by atoms with Crippen molar-refractivity contribution in [2.24, 2.45) is 5.92 Å². The van der Waals surface area contributed by atoms with E-state index in [0.29, 0.717) is 17.3 Å². The van der Waals surface area contributed by atoms with E-state index in [9.17, 15) is 14.4 Å². The molecule has 1 aromatic carbocycles. The topological polar surface area (TPSA) is 102 Å². The molecule has 29 heavy (non-hydrogen) atoms. The van der Waals surface area contributed by atoms with Gasteiger partial charge in [0.15, 0.2) is 11.5 Å². The molecule has 0 saturated heterocycles. The van der Waals surface area contributed by atoms with E-state index in [1.54, 1.807) is 18.2 Å². The highest BCUT2D eigenvalue weighted by Crippen LogP contribution is 2.45. The molecule has 4 aromatic rings. The quantitative estimate of drug-likeness (QED) is 0.529. The van der Waals surface area contributed by atoms with Gasteiger partial charge in [-0.15, -0.1) is 0 Å². The maximum absolute atomic E-state index is 14.3. The summed E-state index contributed by atoms with van der Waals surface area (Å²) in [4.78, 5) is 22.2. The molecule has 0 N–H and O–H groups in total. The van der Waals surface area contributed by atoms with Crippen LogP contribution in [0.2, 0.25) is 0 Å². The van der Waals surface area contributed by atoms with Gasteiger partial charge in [0, 0.05) is 12.0 Å². The molecule has 0 amide bonds. The largest absolute Gasteiger partial charge is 0.332 e. The first kappa shape index (κ1) is 17.6. The lowest BCUT2D eigenvalue weighted by molar-refractivity contribution is 0.421. The Kier molecular flexibility index (Phi) is 3.62. The third-order valence-corrected chi connectivity index (χ3v) is 5.51. The van der Waals surface area contributed by atoms with E-state index in [4.69, 9.17) is 4.52 Å². The fourth-order valence-corrected chi connectivity index (χ4v) is 3.86. The number of halogens is 1. The summed E-state index contributed by atoms with van der Waals surface area (Å²) >= 11 is 0. The van der Waals surface area contributed by atoms with Gasteiger partial charge >= 0.3 is 0 Å². The van der Waals surface area contributed by atoms with Gasteiger partial charge < -0.3 is 9.09 Å². The van der Waals surface area contributed by atoms with Gasteiger partial charge in [0.25, 0.3) is 11.4 Å². The van der Waals surface area contributed by atoms with Gasteiger partial charge in [-0.1, -0.05) is 12.1 Å². The molecule has 1 fully saturated rings. The molecule has 5 rings (SSSR count). The highest BCUT2D eigenvalue weighted by atomic mass is 19.1. The average molecular weight is 392 g/mol.